The van der Waals surface area contributed by atoms with Crippen LogP contribution in [0.25, 0.3) is 105 Å². The third-order valence-corrected chi connectivity index (χ3v) is 15.4. The van der Waals surface area contributed by atoms with Gasteiger partial charge in [-0.25, -0.2) is 9.98 Å². The molecule has 0 saturated carbocycles. The minimum Gasteiger partial charge on any atom is -0.456 e. The fourth-order valence-electron chi connectivity index (χ4n) is 12.0. The molecule has 1 atom stereocenters. The highest BCUT2D eigenvalue weighted by Crippen LogP contribution is 2.51. The summed E-state index contributed by atoms with van der Waals surface area (Å²) < 4.78 is 11.4. The summed E-state index contributed by atoms with van der Waals surface area (Å²) in [6.07, 6.45) is -0.438. The van der Waals surface area contributed by atoms with Crippen molar-refractivity contribution in [3.63, 3.8) is 0 Å². The lowest BCUT2D eigenvalue weighted by atomic mass is 9.82. The summed E-state index contributed by atoms with van der Waals surface area (Å²) in [4.78, 5) is 10.3. The van der Waals surface area contributed by atoms with Gasteiger partial charge in [-0.1, -0.05) is 166 Å². The van der Waals surface area contributed by atoms with E-state index >= 15 is 0 Å². The van der Waals surface area contributed by atoms with Crippen molar-refractivity contribution in [1.29, 1.82) is 0 Å². The van der Waals surface area contributed by atoms with Crippen molar-refractivity contribution in [2.75, 3.05) is 0 Å². The molecule has 0 bridgehead atoms. The largest absolute Gasteiger partial charge is 0.456 e. The van der Waals surface area contributed by atoms with Gasteiger partial charge < -0.3 is 18.9 Å². The van der Waals surface area contributed by atoms with E-state index in [9.17, 15) is 0 Å². The van der Waals surface area contributed by atoms with Crippen LogP contribution in [0.5, 0.6) is 0 Å². The van der Waals surface area contributed by atoms with E-state index in [1.807, 2.05) is 36.4 Å². The Morgan fingerprint density at radius 3 is 1.89 bits per heavy atom. The molecule has 15 rings (SSSR count). The molecule has 6 heteroatoms. The molecule has 0 amide bonds. The third kappa shape index (κ3) is 6.02. The number of rotatable bonds is 6. The standard InChI is InChI=1S/C66H45N5O/c1-66(2)54-26-14-12-23-47(54)49-38-52-51-37-44(30-33-57(51)70(59(52)39-55(49)66)45-21-10-5-11-22-45)46-25-16-28-61-62(46)53-36-43(31-34-60(53)72-61)42-29-32-58-50(35-42)48-24-13-15-27-56(48)71(58)65-68-63(40-17-6-3-7-18-40)67-64(69-65)41-19-8-4-9-20-41/h3-39,65H,1-2H3,(H,67,68,69). The molecule has 0 radical (unpaired) electrons. The number of amidine groups is 2. The fraction of sp³-hybridized carbons (Fsp3) is 0.0606. The van der Waals surface area contributed by atoms with Crippen molar-refractivity contribution >= 4 is 77.2 Å². The molecular formula is C66H45N5O. The zero-order chi connectivity index (χ0) is 47.7. The Labute approximate surface area is 415 Å². The molecule has 1 N–H and O–H groups in total. The molecule has 2 aliphatic rings. The van der Waals surface area contributed by atoms with Gasteiger partial charge in [-0.05, 0) is 117 Å². The predicted octanol–water partition coefficient (Wildman–Crippen LogP) is 16.4. The maximum atomic E-state index is 6.67. The number of fused-ring (bicyclic) bond motifs is 12. The lowest BCUT2D eigenvalue weighted by Crippen LogP contribution is -2.36. The number of aromatic nitrogens is 2. The molecule has 13 aromatic rings. The summed E-state index contributed by atoms with van der Waals surface area (Å²) in [6.45, 7) is 4.72. The summed E-state index contributed by atoms with van der Waals surface area (Å²) in [7, 11) is 0. The average molecular weight is 924 g/mol. The summed E-state index contributed by atoms with van der Waals surface area (Å²) in [5, 5.41) is 10.7. The zero-order valence-corrected chi connectivity index (χ0v) is 39.6. The lowest BCUT2D eigenvalue weighted by Gasteiger charge is -2.25. The SMILES string of the molecule is CC1(C)c2ccccc2-c2cc3c4cc(-c5cccc6oc7ccc(-c8ccc9c(c8)c8ccccc8n9C8N=C(c9ccccc9)N=C(c9ccccc9)N8)cc7c56)ccc4n(-c4ccccc4)c3cc21. The molecule has 3 aromatic heterocycles. The first-order chi connectivity index (χ1) is 35.4. The summed E-state index contributed by atoms with van der Waals surface area (Å²) in [6, 6.07) is 80.7. The second kappa shape index (κ2) is 15.4. The van der Waals surface area contributed by atoms with E-state index in [1.165, 1.54) is 44.1 Å². The number of nitrogens with one attached hydrogen (secondary N) is 1. The monoisotopic (exact) mass is 923 g/mol. The molecule has 1 aliphatic heterocycles. The van der Waals surface area contributed by atoms with Crippen molar-refractivity contribution in [3.8, 4) is 39.1 Å². The van der Waals surface area contributed by atoms with Crippen LogP contribution >= 0.6 is 0 Å². The molecular weight excluding hydrogens is 879 g/mol. The van der Waals surface area contributed by atoms with Gasteiger partial charge in [0, 0.05) is 54.5 Å². The Morgan fingerprint density at radius 1 is 0.431 bits per heavy atom. The van der Waals surface area contributed by atoms with Crippen LogP contribution in [0.2, 0.25) is 0 Å². The van der Waals surface area contributed by atoms with Crippen LogP contribution < -0.4 is 5.32 Å². The van der Waals surface area contributed by atoms with Gasteiger partial charge in [0.05, 0.1) is 22.1 Å². The minimum absolute atomic E-state index is 0.109. The van der Waals surface area contributed by atoms with E-state index in [-0.39, 0.29) is 5.41 Å². The number of para-hydroxylation sites is 2. The molecule has 10 aromatic carbocycles. The number of hydrogen-bond acceptors (Lipinski definition) is 4. The normalized spacial score (nSPS) is 15.1. The van der Waals surface area contributed by atoms with E-state index in [2.05, 4.69) is 216 Å². The van der Waals surface area contributed by atoms with Crippen molar-refractivity contribution in [1.82, 2.24) is 14.5 Å². The quantitative estimate of drug-likeness (QED) is 0.181. The fourth-order valence-corrected chi connectivity index (χ4v) is 12.0. The van der Waals surface area contributed by atoms with Gasteiger partial charge in [0.2, 0.25) is 6.29 Å². The van der Waals surface area contributed by atoms with Crippen LogP contribution in [-0.2, 0) is 5.41 Å². The Balaban J connectivity index is 0.872. The van der Waals surface area contributed by atoms with Gasteiger partial charge in [-0.15, -0.1) is 0 Å². The molecule has 1 aliphatic carbocycles. The summed E-state index contributed by atoms with van der Waals surface area (Å²) in [5.41, 5.74) is 19.3. The molecule has 0 fully saturated rings. The Bertz CT molecular complexity index is 4440. The first-order valence-electron chi connectivity index (χ1n) is 24.8. The average Bonchev–Trinajstić information content (AvgIpc) is 4.15. The smallest absolute Gasteiger partial charge is 0.204 e. The van der Waals surface area contributed by atoms with Crippen LogP contribution in [0.15, 0.2) is 239 Å². The van der Waals surface area contributed by atoms with Gasteiger partial charge in [0.25, 0.3) is 0 Å². The number of furan rings is 1. The minimum atomic E-state index is -0.438. The van der Waals surface area contributed by atoms with Crippen molar-refractivity contribution in [3.05, 3.63) is 247 Å². The predicted molar refractivity (Wildman–Crippen MR) is 298 cm³/mol. The molecule has 0 saturated heterocycles. The zero-order valence-electron chi connectivity index (χ0n) is 39.6. The van der Waals surface area contributed by atoms with Gasteiger partial charge in [-0.3, -0.25) is 0 Å². The lowest BCUT2D eigenvalue weighted by molar-refractivity contribution is 0.516. The molecule has 6 nitrogen and oxygen atoms in total. The van der Waals surface area contributed by atoms with Gasteiger partial charge in [0.15, 0.2) is 5.84 Å². The molecule has 0 spiro atoms. The highest BCUT2D eigenvalue weighted by molar-refractivity contribution is 6.18. The van der Waals surface area contributed by atoms with Crippen LogP contribution in [0.3, 0.4) is 0 Å². The van der Waals surface area contributed by atoms with Crippen LogP contribution in [0.1, 0.15) is 42.4 Å². The summed E-state index contributed by atoms with van der Waals surface area (Å²) >= 11 is 0. The number of hydrogen-bond donors (Lipinski definition) is 1. The topological polar surface area (TPSA) is 59.8 Å². The Kier molecular flexibility index (Phi) is 8.67. The van der Waals surface area contributed by atoms with Crippen LogP contribution in [0, 0.1) is 0 Å². The van der Waals surface area contributed by atoms with Crippen LogP contribution in [-0.4, -0.2) is 20.8 Å². The van der Waals surface area contributed by atoms with E-state index in [0.717, 1.165) is 88.6 Å². The van der Waals surface area contributed by atoms with Crippen molar-refractivity contribution in [2.45, 2.75) is 25.6 Å². The highest BCUT2D eigenvalue weighted by Gasteiger charge is 2.36. The Morgan fingerprint density at radius 2 is 1.06 bits per heavy atom. The molecule has 340 valence electrons. The molecule has 4 heterocycles. The third-order valence-electron chi connectivity index (χ3n) is 15.4. The first-order valence-corrected chi connectivity index (χ1v) is 24.8. The Hall–Kier alpha value is -9.26. The number of benzene rings is 10. The summed E-state index contributed by atoms with van der Waals surface area (Å²) in [5.74, 6) is 1.48. The van der Waals surface area contributed by atoms with E-state index in [0.29, 0.717) is 5.84 Å². The highest BCUT2D eigenvalue weighted by atomic mass is 16.3. The molecule has 1 unspecified atom stereocenters. The maximum absolute atomic E-state index is 6.67. The molecule has 72 heavy (non-hydrogen) atoms. The van der Waals surface area contributed by atoms with Gasteiger partial charge in [0.1, 0.15) is 17.0 Å². The van der Waals surface area contributed by atoms with E-state index in [4.69, 9.17) is 14.4 Å². The van der Waals surface area contributed by atoms with Crippen molar-refractivity contribution < 1.29 is 4.42 Å². The number of aliphatic imine (C=N–C) groups is 2. The number of nitrogens with zero attached hydrogens (tertiary/aromatic N) is 4. The van der Waals surface area contributed by atoms with Gasteiger partial charge >= 0.3 is 0 Å². The first kappa shape index (κ1) is 40.6. The second-order valence-electron chi connectivity index (χ2n) is 19.8. The van der Waals surface area contributed by atoms with Gasteiger partial charge in [-0.2, -0.15) is 0 Å². The van der Waals surface area contributed by atoms with Crippen molar-refractivity contribution in [2.24, 2.45) is 9.98 Å². The van der Waals surface area contributed by atoms with Crippen LogP contribution in [0.4, 0.5) is 0 Å². The second-order valence-corrected chi connectivity index (χ2v) is 19.8. The van der Waals surface area contributed by atoms with E-state index < -0.39 is 6.29 Å². The van der Waals surface area contributed by atoms with E-state index in [1.54, 1.807) is 0 Å². The maximum Gasteiger partial charge on any atom is 0.204 e.